The Labute approximate surface area is 171 Å². The van der Waals surface area contributed by atoms with Crippen molar-refractivity contribution in [3.63, 3.8) is 0 Å². The molecule has 29 heavy (non-hydrogen) atoms. The molecule has 1 amide bonds. The molecular formula is C23H26N2O4. The number of rotatable bonds is 5. The summed E-state index contributed by atoms with van der Waals surface area (Å²) in [7, 11) is 0. The first-order valence-corrected chi connectivity index (χ1v) is 9.91. The van der Waals surface area contributed by atoms with Crippen molar-refractivity contribution in [1.82, 2.24) is 4.90 Å². The van der Waals surface area contributed by atoms with E-state index < -0.39 is 0 Å². The molecule has 2 atom stereocenters. The lowest BCUT2D eigenvalue weighted by Crippen LogP contribution is -2.44. The van der Waals surface area contributed by atoms with Crippen LogP contribution in [0.25, 0.3) is 6.08 Å². The lowest BCUT2D eigenvalue weighted by Gasteiger charge is -2.35. The highest BCUT2D eigenvalue weighted by Gasteiger charge is 2.22. The Morgan fingerprint density at radius 3 is 2.69 bits per heavy atom. The number of hydrogen-bond acceptors (Lipinski definition) is 5. The first-order chi connectivity index (χ1) is 14.1. The molecule has 2 heterocycles. The van der Waals surface area contributed by atoms with Crippen molar-refractivity contribution < 1.29 is 19.0 Å². The number of nitrogens with one attached hydrogen (secondary N) is 1. The van der Waals surface area contributed by atoms with Gasteiger partial charge in [0.15, 0.2) is 11.5 Å². The smallest absolute Gasteiger partial charge is 0.248 e. The van der Waals surface area contributed by atoms with Crippen LogP contribution in [0.15, 0.2) is 48.5 Å². The van der Waals surface area contributed by atoms with Crippen LogP contribution in [0.3, 0.4) is 0 Å². The van der Waals surface area contributed by atoms with Crippen molar-refractivity contribution in [3.8, 4) is 11.5 Å². The molecule has 0 radical (unpaired) electrons. The van der Waals surface area contributed by atoms with Gasteiger partial charge >= 0.3 is 0 Å². The van der Waals surface area contributed by atoms with Crippen LogP contribution in [0, 0.1) is 0 Å². The van der Waals surface area contributed by atoms with Crippen LogP contribution >= 0.6 is 0 Å². The van der Waals surface area contributed by atoms with Crippen LogP contribution in [0.2, 0.25) is 0 Å². The minimum absolute atomic E-state index is 0.168. The van der Waals surface area contributed by atoms with E-state index in [1.807, 2.05) is 36.4 Å². The molecule has 0 bridgehead atoms. The maximum atomic E-state index is 12.5. The van der Waals surface area contributed by atoms with Gasteiger partial charge in [-0.2, -0.15) is 0 Å². The Kier molecular flexibility index (Phi) is 5.83. The summed E-state index contributed by atoms with van der Waals surface area (Å²) in [6.07, 6.45) is 3.73. The molecule has 0 spiro atoms. The van der Waals surface area contributed by atoms with Crippen molar-refractivity contribution in [3.05, 3.63) is 59.7 Å². The molecule has 0 aromatic heterocycles. The predicted molar refractivity (Wildman–Crippen MR) is 112 cm³/mol. The minimum atomic E-state index is -0.168. The Morgan fingerprint density at radius 1 is 1.10 bits per heavy atom. The van der Waals surface area contributed by atoms with Gasteiger partial charge < -0.3 is 19.5 Å². The van der Waals surface area contributed by atoms with Gasteiger partial charge in [0.25, 0.3) is 0 Å². The number of ether oxygens (including phenoxy) is 3. The summed E-state index contributed by atoms with van der Waals surface area (Å²) in [5.74, 6) is 1.26. The summed E-state index contributed by atoms with van der Waals surface area (Å²) in [5.41, 5.74) is 2.81. The minimum Gasteiger partial charge on any atom is -0.454 e. The van der Waals surface area contributed by atoms with Gasteiger partial charge in [0, 0.05) is 31.4 Å². The van der Waals surface area contributed by atoms with E-state index >= 15 is 0 Å². The average Bonchev–Trinajstić information content (AvgIpc) is 3.15. The van der Waals surface area contributed by atoms with E-state index in [0.29, 0.717) is 5.75 Å². The highest BCUT2D eigenvalue weighted by molar-refractivity contribution is 6.02. The molecule has 1 fully saturated rings. The largest absolute Gasteiger partial charge is 0.454 e. The molecule has 2 aromatic carbocycles. The zero-order chi connectivity index (χ0) is 20.2. The zero-order valence-electron chi connectivity index (χ0n) is 16.8. The molecule has 1 saturated heterocycles. The van der Waals surface area contributed by atoms with Crippen LogP contribution in [0.1, 0.15) is 25.0 Å². The highest BCUT2D eigenvalue weighted by Crippen LogP contribution is 2.32. The summed E-state index contributed by atoms with van der Waals surface area (Å²) < 4.78 is 16.5. The third-order valence-corrected chi connectivity index (χ3v) is 4.99. The lowest BCUT2D eigenvalue weighted by molar-refractivity contribution is -0.111. The van der Waals surface area contributed by atoms with Crippen molar-refractivity contribution in [2.75, 3.05) is 25.2 Å². The fraction of sp³-hybridized carbons (Fsp3) is 0.348. The summed E-state index contributed by atoms with van der Waals surface area (Å²) >= 11 is 0. The van der Waals surface area contributed by atoms with Gasteiger partial charge in [-0.1, -0.05) is 24.3 Å². The van der Waals surface area contributed by atoms with E-state index in [1.165, 1.54) is 6.08 Å². The molecule has 2 aliphatic rings. The molecule has 6 heteroatoms. The summed E-state index contributed by atoms with van der Waals surface area (Å²) in [6.45, 7) is 6.97. The second-order valence-corrected chi connectivity index (χ2v) is 7.54. The van der Waals surface area contributed by atoms with Gasteiger partial charge in [-0.25, -0.2) is 0 Å². The van der Waals surface area contributed by atoms with E-state index in [4.69, 9.17) is 14.2 Å². The van der Waals surface area contributed by atoms with E-state index in [0.717, 1.165) is 42.2 Å². The molecule has 2 aliphatic heterocycles. The third-order valence-electron chi connectivity index (χ3n) is 4.99. The number of carbonyl (C=O) groups is 1. The van der Waals surface area contributed by atoms with Crippen LogP contribution in [-0.2, 0) is 16.1 Å². The van der Waals surface area contributed by atoms with E-state index in [1.54, 1.807) is 6.08 Å². The maximum absolute atomic E-state index is 12.5. The van der Waals surface area contributed by atoms with Gasteiger partial charge in [-0.05, 0) is 49.2 Å². The van der Waals surface area contributed by atoms with Crippen LogP contribution < -0.4 is 14.8 Å². The van der Waals surface area contributed by atoms with Crippen LogP contribution in [0.4, 0.5) is 5.69 Å². The van der Waals surface area contributed by atoms with Gasteiger partial charge in [0.2, 0.25) is 12.7 Å². The van der Waals surface area contributed by atoms with Gasteiger partial charge in [0.05, 0.1) is 12.2 Å². The van der Waals surface area contributed by atoms with Crippen molar-refractivity contribution >= 4 is 17.7 Å². The van der Waals surface area contributed by atoms with Gasteiger partial charge in [0.1, 0.15) is 0 Å². The summed E-state index contributed by atoms with van der Waals surface area (Å²) in [6, 6.07) is 13.5. The zero-order valence-corrected chi connectivity index (χ0v) is 16.8. The second kappa shape index (κ2) is 8.68. The first-order valence-electron chi connectivity index (χ1n) is 9.91. The number of fused-ring (bicyclic) bond motifs is 1. The summed E-state index contributed by atoms with van der Waals surface area (Å²) in [4.78, 5) is 14.8. The number of amides is 1. The molecule has 152 valence electrons. The number of carbonyl (C=O) groups excluding carboxylic acids is 1. The van der Waals surface area contributed by atoms with Crippen molar-refractivity contribution in [2.24, 2.45) is 0 Å². The number of morpholine rings is 1. The quantitative estimate of drug-likeness (QED) is 0.784. The van der Waals surface area contributed by atoms with Crippen molar-refractivity contribution in [1.29, 1.82) is 0 Å². The second-order valence-electron chi connectivity index (χ2n) is 7.54. The number of hydrogen-bond donors (Lipinski definition) is 1. The molecule has 1 N–H and O–H groups in total. The van der Waals surface area contributed by atoms with E-state index in [9.17, 15) is 4.79 Å². The van der Waals surface area contributed by atoms with Gasteiger partial charge in [-0.15, -0.1) is 0 Å². The topological polar surface area (TPSA) is 60.0 Å². The van der Waals surface area contributed by atoms with E-state index in [-0.39, 0.29) is 24.9 Å². The maximum Gasteiger partial charge on any atom is 0.248 e. The molecule has 2 unspecified atom stereocenters. The summed E-state index contributed by atoms with van der Waals surface area (Å²) in [5, 5.41) is 3.01. The number of para-hydroxylation sites is 1. The fourth-order valence-electron chi connectivity index (χ4n) is 3.80. The predicted octanol–water partition coefficient (Wildman–Crippen LogP) is 3.68. The molecular weight excluding hydrogens is 368 g/mol. The van der Waals surface area contributed by atoms with Gasteiger partial charge in [-0.3, -0.25) is 9.69 Å². The lowest BCUT2D eigenvalue weighted by atomic mass is 10.1. The molecule has 2 aromatic rings. The highest BCUT2D eigenvalue weighted by atomic mass is 16.7. The monoisotopic (exact) mass is 394 g/mol. The Hall–Kier alpha value is -2.83. The normalized spacial score (nSPS) is 21.4. The Bertz CT molecular complexity index is 902. The Morgan fingerprint density at radius 2 is 1.86 bits per heavy atom. The molecule has 4 rings (SSSR count). The SMILES string of the molecule is CC1CN(Cc2ccccc2NC(=O)/C=C/c2ccc3c(c2)OCO3)CC(C)O1. The Balaban J connectivity index is 1.40. The number of nitrogens with zero attached hydrogens (tertiary/aromatic N) is 1. The average molecular weight is 394 g/mol. The molecule has 0 aliphatic carbocycles. The number of anilines is 1. The molecule has 0 saturated carbocycles. The van der Waals surface area contributed by atoms with Crippen LogP contribution in [-0.4, -0.2) is 42.9 Å². The molecule has 6 nitrogen and oxygen atoms in total. The first kappa shape index (κ1) is 19.5. The van der Waals surface area contributed by atoms with Crippen LogP contribution in [0.5, 0.6) is 11.5 Å². The van der Waals surface area contributed by atoms with Crippen molar-refractivity contribution in [2.45, 2.75) is 32.6 Å². The third kappa shape index (κ3) is 4.96. The standard InChI is InChI=1S/C23H26N2O4/c1-16-12-25(13-17(2)29-16)14-19-5-3-4-6-20(19)24-23(26)10-8-18-7-9-21-22(11-18)28-15-27-21/h3-11,16-17H,12-15H2,1-2H3,(H,24,26)/b10-8+. The fourth-order valence-corrected chi connectivity index (χ4v) is 3.80. The van der Waals surface area contributed by atoms with E-state index in [2.05, 4.69) is 30.1 Å². The number of benzene rings is 2.